The van der Waals surface area contributed by atoms with Gasteiger partial charge in [0.1, 0.15) is 23.5 Å². The second kappa shape index (κ2) is 23.4. The predicted octanol–water partition coefficient (Wildman–Crippen LogP) is 15.3. The molecule has 0 spiro atoms. The molecule has 3 atom stereocenters. The zero-order valence-corrected chi connectivity index (χ0v) is 39.9. The lowest BCUT2D eigenvalue weighted by Crippen LogP contribution is -2.40. The molecular weight excluding hydrogens is 771 g/mol. The summed E-state index contributed by atoms with van der Waals surface area (Å²) in [4.78, 5) is 22.0. The number of halogens is 2. The first-order valence-corrected chi connectivity index (χ1v) is 23.3. The van der Waals surface area contributed by atoms with Crippen LogP contribution < -0.4 is 9.64 Å². The number of aromatic nitrogens is 2. The number of unbranched alkanes of at least 4 members (excludes halogenated alkanes) is 1. The molecule has 1 aliphatic carbocycles. The van der Waals surface area contributed by atoms with Crippen LogP contribution in [-0.2, 0) is 4.79 Å². The molecule has 60 heavy (non-hydrogen) atoms. The number of carbonyl (C=O) groups excluding carboxylic acids is 1. The van der Waals surface area contributed by atoms with Crippen molar-refractivity contribution in [1.29, 1.82) is 5.26 Å². The Morgan fingerprint density at radius 2 is 1.67 bits per heavy atom. The van der Waals surface area contributed by atoms with Crippen molar-refractivity contribution in [2.45, 2.75) is 159 Å². The van der Waals surface area contributed by atoms with Gasteiger partial charge in [-0.1, -0.05) is 101 Å². The van der Waals surface area contributed by atoms with Crippen LogP contribution in [0.4, 0.5) is 14.6 Å². The summed E-state index contributed by atoms with van der Waals surface area (Å²) in [6.45, 7) is 29.7. The molecule has 2 aromatic carbocycles. The molecule has 330 valence electrons. The van der Waals surface area contributed by atoms with Gasteiger partial charge in [-0.2, -0.15) is 15.2 Å². The topological polar surface area (TPSA) is 79.1 Å². The number of thiophene rings is 1. The molecule has 2 aromatic heterocycles. The van der Waals surface area contributed by atoms with Crippen LogP contribution in [0, 0.1) is 52.1 Å². The molecule has 9 heteroatoms. The van der Waals surface area contributed by atoms with Crippen LogP contribution in [0.3, 0.4) is 0 Å². The number of ether oxygens (including phenoxy) is 1. The number of anilines is 1. The molecule has 0 saturated heterocycles. The standard InChI is InChI=1S/C32H38F2N4OS.C15H30.C4H6O/c1-9-38(27(18(4)5)13-10-17(2)3)31-22-14-25(34)21(15-26(22)36-32(37-31)39-8)20-11-12-24(33)30-28(20)23(16-35)29(40-30)19(6)7;1-5-7-8-15(9-10-15)12-14(4)11-13(3)6-2;1-3-4(2)5/h11-12,14-15,17-19,27H,9-10,13H2,1-8H3;13-14H,5-12H2,1-4H3;3H,1H2,2H3. The van der Waals surface area contributed by atoms with Gasteiger partial charge >= 0.3 is 6.01 Å². The Kier molecular flexibility index (Phi) is 19.6. The van der Waals surface area contributed by atoms with E-state index in [1.807, 2.05) is 13.8 Å². The Morgan fingerprint density at radius 3 is 2.17 bits per heavy atom. The van der Waals surface area contributed by atoms with Crippen molar-refractivity contribution in [2.75, 3.05) is 18.6 Å². The van der Waals surface area contributed by atoms with Crippen LogP contribution in [-0.4, -0.2) is 35.4 Å². The minimum atomic E-state index is -0.476. The maximum atomic E-state index is 16.1. The van der Waals surface area contributed by atoms with Gasteiger partial charge in [0.15, 0.2) is 5.78 Å². The van der Waals surface area contributed by atoms with E-state index in [9.17, 15) is 14.4 Å². The highest BCUT2D eigenvalue weighted by Gasteiger charge is 2.42. The van der Waals surface area contributed by atoms with Crippen molar-refractivity contribution in [2.24, 2.45) is 29.1 Å². The fourth-order valence-corrected chi connectivity index (χ4v) is 9.60. The number of carbonyl (C=O) groups is 1. The van der Waals surface area contributed by atoms with Crippen molar-refractivity contribution in [1.82, 2.24) is 9.97 Å². The average Bonchev–Trinajstić information content (AvgIpc) is 3.85. The van der Waals surface area contributed by atoms with Gasteiger partial charge in [0, 0.05) is 33.8 Å². The second-order valence-corrected chi connectivity index (χ2v) is 19.4. The van der Waals surface area contributed by atoms with E-state index in [0.29, 0.717) is 56.3 Å². The maximum absolute atomic E-state index is 16.1. The monoisotopic (exact) mass is 845 g/mol. The first-order chi connectivity index (χ1) is 28.4. The number of hydrogen-bond donors (Lipinski definition) is 0. The number of fused-ring (bicyclic) bond motifs is 2. The summed E-state index contributed by atoms with van der Waals surface area (Å²) in [5, 5.41) is 11.1. The Bertz CT molecular complexity index is 2060. The number of methoxy groups -OCH3 is 1. The Hall–Kier alpha value is -3.90. The SMILES string of the molecule is C=CC(C)=O.CCCCC1(CC(C)CC(C)CC)CC1.CCN(c1nc(OC)nc2cc(-c3ccc(F)c4sc(C(C)C)c(C#N)c34)c(F)cc12)C(CCC(C)C)C(C)C. The Balaban J connectivity index is 0.000000396. The van der Waals surface area contributed by atoms with Crippen LogP contribution in [0.5, 0.6) is 6.01 Å². The van der Waals surface area contributed by atoms with Gasteiger partial charge in [-0.05, 0) is 124 Å². The number of allylic oxidation sites excluding steroid dienone is 1. The summed E-state index contributed by atoms with van der Waals surface area (Å²) < 4.78 is 36.9. The van der Waals surface area contributed by atoms with Crippen LogP contribution in [0.1, 0.15) is 164 Å². The number of ketones is 1. The lowest BCUT2D eigenvalue weighted by molar-refractivity contribution is -0.112. The summed E-state index contributed by atoms with van der Waals surface area (Å²) in [7, 11) is 1.52. The normalized spacial score (nSPS) is 14.6. The molecule has 1 aliphatic rings. The highest BCUT2D eigenvalue weighted by molar-refractivity contribution is 7.19. The molecule has 0 N–H and O–H groups in total. The molecule has 5 rings (SSSR count). The third-order valence-electron chi connectivity index (χ3n) is 12.1. The van der Waals surface area contributed by atoms with Gasteiger partial charge in [0.25, 0.3) is 0 Å². The molecule has 6 nitrogen and oxygen atoms in total. The third-order valence-corrected chi connectivity index (χ3v) is 13.6. The van der Waals surface area contributed by atoms with E-state index in [1.54, 1.807) is 12.1 Å². The van der Waals surface area contributed by atoms with E-state index in [2.05, 4.69) is 84.8 Å². The Labute approximate surface area is 365 Å². The number of nitriles is 1. The van der Waals surface area contributed by atoms with Crippen molar-refractivity contribution < 1.29 is 18.3 Å². The van der Waals surface area contributed by atoms with E-state index in [0.717, 1.165) is 35.0 Å². The van der Waals surface area contributed by atoms with Crippen LogP contribution >= 0.6 is 11.3 Å². The lowest BCUT2D eigenvalue weighted by atomic mass is 9.84. The number of nitrogens with zero attached hydrogens (tertiary/aromatic N) is 4. The largest absolute Gasteiger partial charge is 0.467 e. The average molecular weight is 845 g/mol. The van der Waals surface area contributed by atoms with Crippen molar-refractivity contribution in [3.05, 3.63) is 59.0 Å². The third kappa shape index (κ3) is 13.3. The van der Waals surface area contributed by atoms with Gasteiger partial charge in [0.05, 0.1) is 22.9 Å². The van der Waals surface area contributed by atoms with Crippen molar-refractivity contribution >= 4 is 43.9 Å². The quantitative estimate of drug-likeness (QED) is 0.0875. The Morgan fingerprint density at radius 1 is 1.00 bits per heavy atom. The van der Waals surface area contributed by atoms with E-state index in [4.69, 9.17) is 9.72 Å². The number of hydrogen-bond acceptors (Lipinski definition) is 7. The van der Waals surface area contributed by atoms with Crippen molar-refractivity contribution in [3.63, 3.8) is 0 Å². The smallest absolute Gasteiger partial charge is 0.318 e. The van der Waals surface area contributed by atoms with Crippen LogP contribution in [0.25, 0.3) is 32.1 Å². The van der Waals surface area contributed by atoms with E-state index < -0.39 is 11.6 Å². The van der Waals surface area contributed by atoms with Crippen LogP contribution in [0.15, 0.2) is 36.9 Å². The van der Waals surface area contributed by atoms with Gasteiger partial charge in [-0.25, -0.2) is 8.78 Å². The van der Waals surface area contributed by atoms with E-state index in [1.165, 1.54) is 94.9 Å². The van der Waals surface area contributed by atoms with Gasteiger partial charge in [-0.3, -0.25) is 4.79 Å². The summed E-state index contributed by atoms with van der Waals surface area (Å²) in [5.74, 6) is 2.60. The molecule has 4 aromatic rings. The summed E-state index contributed by atoms with van der Waals surface area (Å²) >= 11 is 1.26. The minimum absolute atomic E-state index is 0.0185. The molecule has 3 unspecified atom stereocenters. The van der Waals surface area contributed by atoms with Crippen molar-refractivity contribution in [3.8, 4) is 23.2 Å². The zero-order valence-electron chi connectivity index (χ0n) is 39.1. The number of rotatable bonds is 19. The van der Waals surface area contributed by atoms with Gasteiger partial charge < -0.3 is 9.64 Å². The molecular formula is C51H74F2N4O2S. The lowest BCUT2D eigenvalue weighted by Gasteiger charge is -2.36. The molecule has 0 radical (unpaired) electrons. The van der Waals surface area contributed by atoms with Crippen LogP contribution in [0.2, 0.25) is 0 Å². The van der Waals surface area contributed by atoms with Gasteiger partial charge in [0.2, 0.25) is 0 Å². The zero-order chi connectivity index (χ0) is 44.9. The molecule has 0 aliphatic heterocycles. The summed E-state index contributed by atoms with van der Waals surface area (Å²) in [6.07, 6.45) is 15.0. The fraction of sp³-hybridized carbons (Fsp3) is 0.608. The molecule has 2 heterocycles. The minimum Gasteiger partial charge on any atom is -0.467 e. The predicted molar refractivity (Wildman–Crippen MR) is 251 cm³/mol. The molecule has 1 fully saturated rings. The molecule has 0 bridgehead atoms. The molecule has 1 saturated carbocycles. The second-order valence-electron chi connectivity index (χ2n) is 18.3. The highest BCUT2D eigenvalue weighted by Crippen LogP contribution is 2.55. The van der Waals surface area contributed by atoms with E-state index >= 15 is 4.39 Å². The van der Waals surface area contributed by atoms with Gasteiger partial charge in [-0.15, -0.1) is 11.3 Å². The first-order valence-electron chi connectivity index (χ1n) is 22.5. The first kappa shape index (κ1) is 50.5. The summed E-state index contributed by atoms with van der Waals surface area (Å²) in [5.41, 5.74) is 2.46. The molecule has 0 amide bonds. The maximum Gasteiger partial charge on any atom is 0.318 e. The number of benzene rings is 2. The summed E-state index contributed by atoms with van der Waals surface area (Å²) in [6, 6.07) is 8.70. The van der Waals surface area contributed by atoms with E-state index in [-0.39, 0.29) is 29.3 Å². The highest BCUT2D eigenvalue weighted by atomic mass is 32.1. The fourth-order valence-electron chi connectivity index (χ4n) is 8.42.